The Kier molecular flexibility index (Phi) is 4.90. The van der Waals surface area contributed by atoms with E-state index in [4.69, 9.17) is 0 Å². The van der Waals surface area contributed by atoms with Gasteiger partial charge in [-0.25, -0.2) is 4.98 Å². The lowest BCUT2D eigenvalue weighted by Gasteiger charge is -2.10. The average Bonchev–Trinajstić information content (AvgIpc) is 2.87. The fourth-order valence-corrected chi connectivity index (χ4v) is 2.64. The molecular weight excluding hydrogens is 268 g/mol. The number of amides is 1. The van der Waals surface area contributed by atoms with E-state index in [0.29, 0.717) is 6.42 Å². The second kappa shape index (κ2) is 6.66. The number of carbonyl (C=O) groups is 1. The highest BCUT2D eigenvalue weighted by atomic mass is 32.1. The van der Waals surface area contributed by atoms with Gasteiger partial charge in [0.25, 0.3) is 0 Å². The van der Waals surface area contributed by atoms with Gasteiger partial charge in [-0.3, -0.25) is 4.79 Å². The molecule has 4 heteroatoms. The second-order valence-electron chi connectivity index (χ2n) is 5.06. The van der Waals surface area contributed by atoms with Gasteiger partial charge in [0.05, 0.1) is 12.1 Å². The lowest BCUT2D eigenvalue weighted by molar-refractivity contribution is -0.121. The highest BCUT2D eigenvalue weighted by molar-refractivity contribution is 7.13. The summed E-state index contributed by atoms with van der Waals surface area (Å²) in [6.07, 6.45) is 1.30. The molecule has 0 bridgehead atoms. The molecule has 106 valence electrons. The van der Waals surface area contributed by atoms with Gasteiger partial charge >= 0.3 is 0 Å². The smallest absolute Gasteiger partial charge is 0.226 e. The number of aromatic nitrogens is 1. The van der Waals surface area contributed by atoms with E-state index in [1.54, 1.807) is 11.3 Å². The molecule has 0 radical (unpaired) electrons. The first kappa shape index (κ1) is 14.7. The SMILES string of the molecule is CCC(C)NC(=O)Cc1csc(-c2ccc(C)cc2)n1. The fourth-order valence-electron chi connectivity index (χ4n) is 1.81. The molecule has 0 spiro atoms. The standard InChI is InChI=1S/C16H20N2OS/c1-4-12(3)17-15(19)9-14-10-20-16(18-14)13-7-5-11(2)6-8-13/h5-8,10,12H,4,9H2,1-3H3,(H,17,19). The van der Waals surface area contributed by atoms with Crippen LogP contribution >= 0.6 is 11.3 Å². The number of aryl methyl sites for hydroxylation is 1. The number of hydrogen-bond donors (Lipinski definition) is 1. The summed E-state index contributed by atoms with van der Waals surface area (Å²) in [5.41, 5.74) is 3.18. The van der Waals surface area contributed by atoms with Crippen LogP contribution in [0.5, 0.6) is 0 Å². The van der Waals surface area contributed by atoms with Crippen LogP contribution in [0.2, 0.25) is 0 Å². The molecule has 1 unspecified atom stereocenters. The molecule has 20 heavy (non-hydrogen) atoms. The van der Waals surface area contributed by atoms with Gasteiger partial charge in [-0.2, -0.15) is 0 Å². The van der Waals surface area contributed by atoms with E-state index in [0.717, 1.165) is 22.7 Å². The highest BCUT2D eigenvalue weighted by Gasteiger charge is 2.10. The number of nitrogens with one attached hydrogen (secondary N) is 1. The Hall–Kier alpha value is -1.68. The normalized spacial score (nSPS) is 12.2. The van der Waals surface area contributed by atoms with Crippen molar-refractivity contribution < 1.29 is 4.79 Å². The van der Waals surface area contributed by atoms with Crippen molar-refractivity contribution >= 4 is 17.2 Å². The lowest BCUT2D eigenvalue weighted by Crippen LogP contribution is -2.33. The van der Waals surface area contributed by atoms with Crippen LogP contribution in [-0.2, 0) is 11.2 Å². The molecule has 1 aromatic carbocycles. The molecule has 0 saturated carbocycles. The average molecular weight is 288 g/mol. The quantitative estimate of drug-likeness (QED) is 0.913. The Bertz CT molecular complexity index is 574. The molecule has 1 amide bonds. The van der Waals surface area contributed by atoms with Crippen molar-refractivity contribution in [3.8, 4) is 10.6 Å². The Morgan fingerprint density at radius 3 is 2.70 bits per heavy atom. The van der Waals surface area contributed by atoms with Gasteiger partial charge in [0.15, 0.2) is 0 Å². The van der Waals surface area contributed by atoms with Crippen molar-refractivity contribution in [1.82, 2.24) is 10.3 Å². The molecule has 0 aliphatic heterocycles. The van der Waals surface area contributed by atoms with Crippen molar-refractivity contribution in [1.29, 1.82) is 0 Å². The van der Waals surface area contributed by atoms with Crippen LogP contribution < -0.4 is 5.32 Å². The molecule has 1 heterocycles. The summed E-state index contributed by atoms with van der Waals surface area (Å²) in [6.45, 7) is 6.14. The Labute approximate surface area is 124 Å². The van der Waals surface area contributed by atoms with Gasteiger partial charge in [0.2, 0.25) is 5.91 Å². The van der Waals surface area contributed by atoms with Crippen molar-refractivity contribution in [2.24, 2.45) is 0 Å². The first-order chi connectivity index (χ1) is 9.58. The van der Waals surface area contributed by atoms with E-state index in [1.165, 1.54) is 5.56 Å². The van der Waals surface area contributed by atoms with Crippen molar-refractivity contribution in [2.45, 2.75) is 39.7 Å². The zero-order chi connectivity index (χ0) is 14.5. The third kappa shape index (κ3) is 3.90. The van der Waals surface area contributed by atoms with Gasteiger partial charge in [-0.05, 0) is 20.3 Å². The first-order valence-corrected chi connectivity index (χ1v) is 7.77. The van der Waals surface area contributed by atoms with Crippen molar-refractivity contribution in [2.75, 3.05) is 0 Å². The van der Waals surface area contributed by atoms with Crippen LogP contribution in [0.15, 0.2) is 29.6 Å². The van der Waals surface area contributed by atoms with E-state index in [2.05, 4.69) is 48.4 Å². The molecule has 2 rings (SSSR count). The Balaban J connectivity index is 2.02. The summed E-state index contributed by atoms with van der Waals surface area (Å²) in [4.78, 5) is 16.4. The molecular formula is C16H20N2OS. The zero-order valence-corrected chi connectivity index (χ0v) is 13.0. The summed E-state index contributed by atoms with van der Waals surface area (Å²) in [6, 6.07) is 8.50. The van der Waals surface area contributed by atoms with Crippen LogP contribution in [-0.4, -0.2) is 16.9 Å². The molecule has 1 aromatic heterocycles. The van der Waals surface area contributed by atoms with E-state index >= 15 is 0 Å². The number of hydrogen-bond acceptors (Lipinski definition) is 3. The summed E-state index contributed by atoms with van der Waals surface area (Å²) < 4.78 is 0. The topological polar surface area (TPSA) is 42.0 Å². The van der Waals surface area contributed by atoms with Crippen LogP contribution in [0.25, 0.3) is 10.6 Å². The molecule has 0 aliphatic rings. The summed E-state index contributed by atoms with van der Waals surface area (Å²) in [5.74, 6) is 0.0418. The third-order valence-electron chi connectivity index (χ3n) is 3.21. The maximum Gasteiger partial charge on any atom is 0.226 e. The van der Waals surface area contributed by atoms with E-state index < -0.39 is 0 Å². The van der Waals surface area contributed by atoms with Gasteiger partial charge in [-0.15, -0.1) is 11.3 Å². The molecule has 0 aliphatic carbocycles. The van der Waals surface area contributed by atoms with E-state index in [1.807, 2.05) is 12.3 Å². The summed E-state index contributed by atoms with van der Waals surface area (Å²) in [7, 11) is 0. The van der Waals surface area contributed by atoms with Crippen LogP contribution in [0.1, 0.15) is 31.5 Å². The predicted molar refractivity (Wildman–Crippen MR) is 83.9 cm³/mol. The van der Waals surface area contributed by atoms with Crippen LogP contribution in [0.4, 0.5) is 0 Å². The minimum atomic E-state index is 0.0418. The number of nitrogens with zero attached hydrogens (tertiary/aromatic N) is 1. The first-order valence-electron chi connectivity index (χ1n) is 6.89. The zero-order valence-electron chi connectivity index (χ0n) is 12.1. The molecule has 3 nitrogen and oxygen atoms in total. The fraction of sp³-hybridized carbons (Fsp3) is 0.375. The monoisotopic (exact) mass is 288 g/mol. The molecule has 2 aromatic rings. The largest absolute Gasteiger partial charge is 0.353 e. The number of rotatable bonds is 5. The lowest BCUT2D eigenvalue weighted by atomic mass is 10.2. The van der Waals surface area contributed by atoms with Crippen LogP contribution in [0.3, 0.4) is 0 Å². The van der Waals surface area contributed by atoms with Crippen molar-refractivity contribution in [3.63, 3.8) is 0 Å². The Morgan fingerprint density at radius 2 is 2.05 bits per heavy atom. The van der Waals surface area contributed by atoms with Gasteiger partial charge in [0, 0.05) is 17.0 Å². The van der Waals surface area contributed by atoms with E-state index in [9.17, 15) is 4.79 Å². The molecule has 0 saturated heterocycles. The predicted octanol–water partition coefficient (Wildman–Crippen LogP) is 3.58. The molecule has 1 atom stereocenters. The second-order valence-corrected chi connectivity index (χ2v) is 5.92. The number of carbonyl (C=O) groups excluding carboxylic acids is 1. The minimum absolute atomic E-state index is 0.0418. The van der Waals surface area contributed by atoms with Gasteiger partial charge in [0.1, 0.15) is 5.01 Å². The number of benzene rings is 1. The Morgan fingerprint density at radius 1 is 1.35 bits per heavy atom. The highest BCUT2D eigenvalue weighted by Crippen LogP contribution is 2.24. The summed E-state index contributed by atoms with van der Waals surface area (Å²) >= 11 is 1.58. The molecule has 0 fully saturated rings. The summed E-state index contributed by atoms with van der Waals surface area (Å²) in [5, 5.41) is 5.89. The van der Waals surface area contributed by atoms with Gasteiger partial charge in [-0.1, -0.05) is 36.8 Å². The van der Waals surface area contributed by atoms with Gasteiger partial charge < -0.3 is 5.32 Å². The molecule has 1 N–H and O–H groups in total. The maximum atomic E-state index is 11.8. The maximum absolute atomic E-state index is 11.8. The number of thiazole rings is 1. The minimum Gasteiger partial charge on any atom is -0.353 e. The van der Waals surface area contributed by atoms with E-state index in [-0.39, 0.29) is 11.9 Å². The van der Waals surface area contributed by atoms with Crippen molar-refractivity contribution in [3.05, 3.63) is 40.9 Å². The van der Waals surface area contributed by atoms with Crippen LogP contribution in [0, 0.1) is 6.92 Å². The third-order valence-corrected chi connectivity index (χ3v) is 4.15.